The fraction of sp³-hybridized carbons (Fsp3) is 0.182. The van der Waals surface area contributed by atoms with Gasteiger partial charge in [0.25, 0.3) is 0 Å². The van der Waals surface area contributed by atoms with Gasteiger partial charge in [-0.15, -0.1) is 0 Å². The molecule has 1 heterocycles. The monoisotopic (exact) mass is 352 g/mol. The minimum Gasteiger partial charge on any atom is -0.263 e. The van der Waals surface area contributed by atoms with Crippen LogP contribution in [-0.2, 0) is 6.54 Å². The van der Waals surface area contributed by atoms with E-state index in [4.69, 9.17) is 0 Å². The summed E-state index contributed by atoms with van der Waals surface area (Å²) in [4.78, 5) is 0. The first-order valence-corrected chi connectivity index (χ1v) is 5.87. The van der Waals surface area contributed by atoms with Crippen molar-refractivity contribution in [2.45, 2.75) is 12.7 Å². The van der Waals surface area contributed by atoms with E-state index in [0.29, 0.717) is 5.56 Å². The van der Waals surface area contributed by atoms with Gasteiger partial charge in [0.05, 0.1) is 6.20 Å². The van der Waals surface area contributed by atoms with Crippen LogP contribution < -0.4 is 0 Å². The predicted molar refractivity (Wildman–Crippen MR) is 66.4 cm³/mol. The Labute approximate surface area is 110 Å². The van der Waals surface area contributed by atoms with Gasteiger partial charge in [-0.05, 0) is 40.3 Å². The lowest BCUT2D eigenvalue weighted by Gasteiger charge is -2.05. The van der Waals surface area contributed by atoms with Gasteiger partial charge in [-0.2, -0.15) is 18.3 Å². The fourth-order valence-electron chi connectivity index (χ4n) is 1.43. The predicted octanol–water partition coefficient (Wildman–Crippen LogP) is 3.72. The molecule has 0 radical (unpaired) electrons. The molecule has 0 saturated heterocycles. The van der Waals surface area contributed by atoms with Crippen molar-refractivity contribution in [3.8, 4) is 11.1 Å². The molecule has 0 atom stereocenters. The van der Waals surface area contributed by atoms with E-state index in [1.54, 1.807) is 0 Å². The lowest BCUT2D eigenvalue weighted by atomic mass is 10.1. The summed E-state index contributed by atoms with van der Waals surface area (Å²) in [5, 5.41) is 3.70. The number of rotatable bonds is 2. The molecule has 0 bridgehead atoms. The van der Waals surface area contributed by atoms with E-state index in [0.717, 1.165) is 13.8 Å². The number of aromatic nitrogens is 2. The normalized spacial score (nSPS) is 11.8. The zero-order valence-electron chi connectivity index (χ0n) is 8.58. The van der Waals surface area contributed by atoms with E-state index >= 15 is 0 Å². The third-order valence-corrected chi connectivity index (χ3v) is 2.87. The summed E-state index contributed by atoms with van der Waals surface area (Å²) >= 11 is 2.17. The Morgan fingerprint density at radius 3 is 2.35 bits per heavy atom. The molecule has 0 aliphatic carbocycles. The van der Waals surface area contributed by atoms with E-state index in [2.05, 4.69) is 27.7 Å². The highest BCUT2D eigenvalue weighted by Gasteiger charge is 2.28. The number of benzene rings is 1. The molecule has 17 heavy (non-hydrogen) atoms. The summed E-state index contributed by atoms with van der Waals surface area (Å²) in [5.74, 6) is 0. The zero-order chi connectivity index (χ0) is 12.5. The summed E-state index contributed by atoms with van der Waals surface area (Å²) in [6.07, 6.45) is -1.40. The van der Waals surface area contributed by atoms with Crippen LogP contribution in [0.5, 0.6) is 0 Å². The van der Waals surface area contributed by atoms with Crippen LogP contribution in [0, 0.1) is 3.57 Å². The zero-order valence-corrected chi connectivity index (χ0v) is 10.7. The van der Waals surface area contributed by atoms with Crippen LogP contribution in [0.3, 0.4) is 0 Å². The number of hydrogen-bond acceptors (Lipinski definition) is 1. The van der Waals surface area contributed by atoms with Crippen molar-refractivity contribution in [3.63, 3.8) is 0 Å². The molecule has 6 heteroatoms. The fourth-order valence-corrected chi connectivity index (χ4v) is 1.78. The smallest absolute Gasteiger partial charge is 0.263 e. The maximum Gasteiger partial charge on any atom is 0.408 e. The van der Waals surface area contributed by atoms with Gasteiger partial charge >= 0.3 is 6.18 Å². The number of alkyl halides is 3. The molecule has 90 valence electrons. The molecule has 0 aliphatic heterocycles. The molecular formula is C11H8F3IN2. The molecule has 1 aromatic heterocycles. The van der Waals surface area contributed by atoms with Crippen LogP contribution in [-0.4, -0.2) is 16.0 Å². The van der Waals surface area contributed by atoms with Crippen LogP contribution in [0.2, 0.25) is 0 Å². The topological polar surface area (TPSA) is 17.8 Å². The quantitative estimate of drug-likeness (QED) is 0.754. The first-order chi connectivity index (χ1) is 7.94. The summed E-state index contributed by atoms with van der Waals surface area (Å²) in [5.41, 5.74) is 1.55. The van der Waals surface area contributed by atoms with Crippen molar-refractivity contribution in [1.82, 2.24) is 9.78 Å². The third kappa shape index (κ3) is 3.45. The number of nitrogens with zero attached hydrogens (tertiary/aromatic N) is 2. The van der Waals surface area contributed by atoms with Crippen molar-refractivity contribution in [3.05, 3.63) is 40.2 Å². The molecule has 1 aromatic carbocycles. The highest BCUT2D eigenvalue weighted by Crippen LogP contribution is 2.22. The Hall–Kier alpha value is -1.05. The highest BCUT2D eigenvalue weighted by molar-refractivity contribution is 14.1. The second kappa shape index (κ2) is 4.67. The first-order valence-electron chi connectivity index (χ1n) is 4.79. The largest absolute Gasteiger partial charge is 0.408 e. The van der Waals surface area contributed by atoms with Gasteiger partial charge in [0.15, 0.2) is 0 Å². The lowest BCUT2D eigenvalue weighted by molar-refractivity contribution is -0.142. The molecule has 0 unspecified atom stereocenters. The van der Waals surface area contributed by atoms with Crippen LogP contribution in [0.15, 0.2) is 36.7 Å². The summed E-state index contributed by atoms with van der Waals surface area (Å²) in [7, 11) is 0. The Balaban J connectivity index is 2.21. The minimum atomic E-state index is -4.24. The van der Waals surface area contributed by atoms with Gasteiger partial charge in [0, 0.05) is 15.3 Å². The average molecular weight is 352 g/mol. The molecule has 0 saturated carbocycles. The summed E-state index contributed by atoms with van der Waals surface area (Å²) in [6.45, 7) is -1.06. The molecule has 0 fully saturated rings. The lowest BCUT2D eigenvalue weighted by Crippen LogP contribution is -2.17. The maximum absolute atomic E-state index is 12.1. The Kier molecular flexibility index (Phi) is 3.41. The standard InChI is InChI=1S/C11H8F3IN2/c12-11(13,14)7-17-6-9(5-16-17)8-1-3-10(15)4-2-8/h1-6H,7H2. The van der Waals surface area contributed by atoms with Crippen LogP contribution in [0.4, 0.5) is 13.2 Å². The second-order valence-corrected chi connectivity index (χ2v) is 4.79. The number of hydrogen-bond donors (Lipinski definition) is 0. The van der Waals surface area contributed by atoms with Crippen LogP contribution in [0.1, 0.15) is 0 Å². The van der Waals surface area contributed by atoms with Gasteiger partial charge in [-0.3, -0.25) is 4.68 Å². The number of halogens is 4. The molecule has 0 N–H and O–H groups in total. The minimum absolute atomic E-state index is 0.686. The molecular weight excluding hydrogens is 344 g/mol. The second-order valence-electron chi connectivity index (χ2n) is 3.55. The van der Waals surface area contributed by atoms with E-state index < -0.39 is 12.7 Å². The SMILES string of the molecule is FC(F)(F)Cn1cc(-c2ccc(I)cc2)cn1. The molecule has 0 spiro atoms. The van der Waals surface area contributed by atoms with Crippen molar-refractivity contribution >= 4 is 22.6 Å². The Bertz CT molecular complexity index is 502. The molecule has 0 aliphatic rings. The van der Waals surface area contributed by atoms with E-state index in [1.807, 2.05) is 24.3 Å². The third-order valence-electron chi connectivity index (χ3n) is 2.15. The summed E-state index contributed by atoms with van der Waals surface area (Å²) < 4.78 is 38.4. The van der Waals surface area contributed by atoms with Gasteiger partial charge in [-0.25, -0.2) is 0 Å². The van der Waals surface area contributed by atoms with E-state index in [-0.39, 0.29) is 0 Å². The summed E-state index contributed by atoms with van der Waals surface area (Å²) in [6, 6.07) is 7.52. The van der Waals surface area contributed by atoms with Gasteiger partial charge < -0.3 is 0 Å². The maximum atomic E-state index is 12.1. The molecule has 2 aromatic rings. The van der Waals surface area contributed by atoms with Crippen molar-refractivity contribution in [2.24, 2.45) is 0 Å². The molecule has 2 rings (SSSR count). The Morgan fingerprint density at radius 2 is 1.76 bits per heavy atom. The van der Waals surface area contributed by atoms with Crippen molar-refractivity contribution in [1.29, 1.82) is 0 Å². The van der Waals surface area contributed by atoms with Crippen LogP contribution in [0.25, 0.3) is 11.1 Å². The average Bonchev–Trinajstić information content (AvgIpc) is 2.64. The van der Waals surface area contributed by atoms with E-state index in [9.17, 15) is 13.2 Å². The van der Waals surface area contributed by atoms with Crippen molar-refractivity contribution < 1.29 is 13.2 Å². The highest BCUT2D eigenvalue weighted by atomic mass is 127. The van der Waals surface area contributed by atoms with Crippen LogP contribution >= 0.6 is 22.6 Å². The van der Waals surface area contributed by atoms with E-state index in [1.165, 1.54) is 12.4 Å². The van der Waals surface area contributed by atoms with Gasteiger partial charge in [-0.1, -0.05) is 12.1 Å². The van der Waals surface area contributed by atoms with Gasteiger partial charge in [0.1, 0.15) is 6.54 Å². The molecule has 0 amide bonds. The molecule has 2 nitrogen and oxygen atoms in total. The Morgan fingerprint density at radius 1 is 1.12 bits per heavy atom. The first kappa shape index (κ1) is 12.4. The van der Waals surface area contributed by atoms with Crippen molar-refractivity contribution in [2.75, 3.05) is 0 Å². The van der Waals surface area contributed by atoms with Gasteiger partial charge in [0.2, 0.25) is 0 Å².